The van der Waals surface area contributed by atoms with Gasteiger partial charge in [0.2, 0.25) is 24.7 Å². The molecule has 2 heterocycles. The van der Waals surface area contributed by atoms with Crippen molar-refractivity contribution < 1.29 is 21.7 Å². The van der Waals surface area contributed by atoms with Gasteiger partial charge < -0.3 is 5.21 Å². The normalized spacial score (nSPS) is 16.6. The van der Waals surface area contributed by atoms with Crippen molar-refractivity contribution in [2.75, 3.05) is 0 Å². The van der Waals surface area contributed by atoms with Gasteiger partial charge in [0.15, 0.2) is 0 Å². The summed E-state index contributed by atoms with van der Waals surface area (Å²) in [5.41, 5.74) is 0. The van der Waals surface area contributed by atoms with Gasteiger partial charge in [-0.15, -0.1) is 0 Å². The Bertz CT molecular complexity index is 969. The second-order valence-corrected chi connectivity index (χ2v) is 9.95. The van der Waals surface area contributed by atoms with E-state index in [4.69, 9.17) is 0 Å². The van der Waals surface area contributed by atoms with E-state index in [0.717, 1.165) is 31.4 Å². The topological polar surface area (TPSA) is 121 Å². The van der Waals surface area contributed by atoms with Crippen LogP contribution in [0.3, 0.4) is 0 Å². The Balaban J connectivity index is 1.99. The fraction of sp³-hybridized carbons (Fsp3) is 0.400. The van der Waals surface area contributed by atoms with Gasteiger partial charge in [-0.1, -0.05) is 19.3 Å². The van der Waals surface area contributed by atoms with Crippen LogP contribution in [-0.2, 0) is 19.7 Å². The summed E-state index contributed by atoms with van der Waals surface area (Å²) >= 11 is 0. The van der Waals surface area contributed by atoms with Crippen LogP contribution in [0.25, 0.3) is 0 Å². The molecule has 1 aliphatic carbocycles. The Hall–Kier alpha value is -2.07. The highest BCUT2D eigenvalue weighted by atomic mass is 32.2. The van der Waals surface area contributed by atoms with Gasteiger partial charge in [0.05, 0.1) is 10.1 Å². The van der Waals surface area contributed by atoms with Crippen LogP contribution in [0.1, 0.15) is 32.1 Å². The molecule has 0 radical (unpaired) electrons. The summed E-state index contributed by atoms with van der Waals surface area (Å²) in [7, 11) is -7.85. The van der Waals surface area contributed by atoms with Crippen molar-refractivity contribution in [3.8, 4) is 0 Å². The summed E-state index contributed by atoms with van der Waals surface area (Å²) in [5, 5.41) is 14.0. The molecule has 0 bridgehead atoms. The van der Waals surface area contributed by atoms with Gasteiger partial charge in [0.25, 0.3) is 0 Å². The zero-order chi connectivity index (χ0) is 18.1. The van der Waals surface area contributed by atoms with Crippen molar-refractivity contribution in [3.05, 3.63) is 41.9 Å². The molecule has 1 saturated carbocycles. The third-order valence-electron chi connectivity index (χ3n) is 4.26. The predicted octanol–water partition coefficient (Wildman–Crippen LogP) is 1.05. The molecule has 0 unspecified atom stereocenters. The minimum absolute atomic E-state index is 0.0714. The van der Waals surface area contributed by atoms with Gasteiger partial charge in [-0.05, 0) is 35.9 Å². The average Bonchev–Trinajstić information content (AvgIpc) is 2.63. The summed E-state index contributed by atoms with van der Waals surface area (Å²) in [6.07, 6.45) is 6.18. The zero-order valence-electron chi connectivity index (χ0n) is 13.3. The molecule has 2 aromatic rings. The molecule has 1 aliphatic rings. The van der Waals surface area contributed by atoms with E-state index in [-0.39, 0.29) is 9.74 Å². The molecular formula is C15H17N3O5S2. The highest BCUT2D eigenvalue weighted by molar-refractivity contribution is 7.92. The summed E-state index contributed by atoms with van der Waals surface area (Å²) in [4.78, 5) is 3.57. The molecule has 0 amide bonds. The van der Waals surface area contributed by atoms with E-state index in [1.54, 1.807) is 0 Å². The molecule has 10 heteroatoms. The quantitative estimate of drug-likeness (QED) is 0.571. The van der Waals surface area contributed by atoms with Gasteiger partial charge >= 0.3 is 5.03 Å². The van der Waals surface area contributed by atoms with E-state index in [1.807, 2.05) is 0 Å². The molecule has 0 saturated heterocycles. The van der Waals surface area contributed by atoms with Crippen molar-refractivity contribution in [1.29, 1.82) is 0 Å². The Labute approximate surface area is 146 Å². The number of hydrogen-bond donors (Lipinski definition) is 0. The van der Waals surface area contributed by atoms with Gasteiger partial charge in [-0.2, -0.15) is 0 Å². The number of sulfone groups is 2. The van der Waals surface area contributed by atoms with Crippen LogP contribution in [0.4, 0.5) is 0 Å². The fourth-order valence-electron chi connectivity index (χ4n) is 2.91. The molecule has 0 aliphatic heterocycles. The first kappa shape index (κ1) is 17.7. The van der Waals surface area contributed by atoms with Crippen molar-refractivity contribution in [3.63, 3.8) is 0 Å². The van der Waals surface area contributed by atoms with Gasteiger partial charge in [-0.3, -0.25) is 4.98 Å². The van der Waals surface area contributed by atoms with E-state index in [1.165, 1.54) is 24.5 Å². The second kappa shape index (κ2) is 6.68. The molecule has 8 nitrogen and oxygen atoms in total. The third-order valence-corrected chi connectivity index (χ3v) is 8.15. The lowest BCUT2D eigenvalue weighted by Gasteiger charge is -2.20. The minimum atomic E-state index is -4.02. The lowest BCUT2D eigenvalue weighted by atomic mass is 10.0. The maximum atomic E-state index is 12.6. The smallest absolute Gasteiger partial charge is 0.335 e. The van der Waals surface area contributed by atoms with Crippen molar-refractivity contribution in [2.24, 2.45) is 0 Å². The van der Waals surface area contributed by atoms with Crippen LogP contribution in [0.5, 0.6) is 0 Å². The first-order chi connectivity index (χ1) is 11.8. The monoisotopic (exact) mass is 383 g/mol. The van der Waals surface area contributed by atoms with Crippen molar-refractivity contribution in [2.45, 2.75) is 52.3 Å². The summed E-state index contributed by atoms with van der Waals surface area (Å²) in [5.74, 6) is 0. The van der Waals surface area contributed by atoms with E-state index < -0.39 is 35.0 Å². The van der Waals surface area contributed by atoms with Crippen LogP contribution >= 0.6 is 0 Å². The summed E-state index contributed by atoms with van der Waals surface area (Å²) in [6, 6.07) is 4.63. The molecule has 134 valence electrons. The lowest BCUT2D eigenvalue weighted by molar-refractivity contribution is -0.711. The van der Waals surface area contributed by atoms with Crippen LogP contribution < -0.4 is 4.85 Å². The highest BCUT2D eigenvalue weighted by Crippen LogP contribution is 2.27. The fourth-order valence-corrected chi connectivity index (χ4v) is 5.87. The number of nitrogens with zero attached hydrogens (tertiary/aromatic N) is 3. The second-order valence-electron chi connectivity index (χ2n) is 5.87. The van der Waals surface area contributed by atoms with E-state index >= 15 is 0 Å². The largest absolute Gasteiger partial charge is 0.593 e. The number of rotatable bonds is 4. The lowest BCUT2D eigenvalue weighted by Crippen LogP contribution is -2.42. The van der Waals surface area contributed by atoms with Crippen LogP contribution in [-0.4, -0.2) is 32.2 Å². The maximum absolute atomic E-state index is 12.6. The number of hydrogen-bond acceptors (Lipinski definition) is 7. The molecule has 3 rings (SSSR count). The van der Waals surface area contributed by atoms with Crippen LogP contribution in [0.2, 0.25) is 0 Å². The number of aromatic nitrogens is 3. The van der Waals surface area contributed by atoms with Gasteiger partial charge in [0.1, 0.15) is 0 Å². The van der Waals surface area contributed by atoms with Crippen LogP contribution in [0.15, 0.2) is 51.6 Å². The Kier molecular flexibility index (Phi) is 4.74. The van der Waals surface area contributed by atoms with Gasteiger partial charge in [-0.25, -0.2) is 16.8 Å². The van der Waals surface area contributed by atoms with Crippen LogP contribution in [0, 0.1) is 5.21 Å². The van der Waals surface area contributed by atoms with E-state index in [2.05, 4.69) is 10.1 Å². The Morgan fingerprint density at radius 1 is 0.960 bits per heavy atom. The third kappa shape index (κ3) is 3.36. The standard InChI is InChI=1S/C15H17N3O5S2/c19-18-15(25(22,23)12-4-2-1-3-5-12)7-6-14(17-18)24(20,21)13-8-10-16-11-9-13/h6-12H,1-5H2. The maximum Gasteiger partial charge on any atom is 0.335 e. The summed E-state index contributed by atoms with van der Waals surface area (Å²) in [6.45, 7) is 0. The molecule has 1 fully saturated rings. The average molecular weight is 383 g/mol. The minimum Gasteiger partial charge on any atom is -0.593 e. The Morgan fingerprint density at radius 3 is 2.20 bits per heavy atom. The molecule has 0 N–H and O–H groups in total. The zero-order valence-corrected chi connectivity index (χ0v) is 14.9. The first-order valence-electron chi connectivity index (χ1n) is 7.83. The first-order valence-corrected chi connectivity index (χ1v) is 10.9. The highest BCUT2D eigenvalue weighted by Gasteiger charge is 2.36. The molecule has 0 spiro atoms. The predicted molar refractivity (Wildman–Crippen MR) is 86.9 cm³/mol. The van der Waals surface area contributed by atoms with Gasteiger partial charge in [0, 0.05) is 23.6 Å². The van der Waals surface area contributed by atoms with Crippen molar-refractivity contribution >= 4 is 19.7 Å². The SMILES string of the molecule is O=S(=O)(c1ccncc1)c1ccc(S(=O)(=O)C2CCCCC2)[n+]([O-])n1. The van der Waals surface area contributed by atoms with Crippen molar-refractivity contribution in [1.82, 2.24) is 10.1 Å². The van der Waals surface area contributed by atoms with E-state index in [0.29, 0.717) is 12.8 Å². The summed E-state index contributed by atoms with van der Waals surface area (Å²) < 4.78 is 50.2. The molecule has 0 aromatic carbocycles. The molecular weight excluding hydrogens is 366 g/mol. The van der Waals surface area contributed by atoms with E-state index in [9.17, 15) is 22.0 Å². The molecule has 0 atom stereocenters. The number of pyridine rings is 1. The molecule has 2 aromatic heterocycles. The molecule has 25 heavy (non-hydrogen) atoms. The Morgan fingerprint density at radius 2 is 1.60 bits per heavy atom.